The van der Waals surface area contributed by atoms with Gasteiger partial charge in [-0.2, -0.15) is 5.26 Å². The van der Waals surface area contributed by atoms with Crippen molar-refractivity contribution in [1.82, 2.24) is 5.32 Å². The van der Waals surface area contributed by atoms with Gasteiger partial charge in [-0.3, -0.25) is 9.59 Å². The van der Waals surface area contributed by atoms with Gasteiger partial charge in [-0.05, 0) is 38.0 Å². The van der Waals surface area contributed by atoms with Crippen LogP contribution in [0.25, 0.3) is 0 Å². The zero-order chi connectivity index (χ0) is 20.0. The van der Waals surface area contributed by atoms with Gasteiger partial charge in [0.25, 0.3) is 0 Å². The molecule has 0 saturated heterocycles. The van der Waals surface area contributed by atoms with E-state index >= 15 is 0 Å². The van der Waals surface area contributed by atoms with Crippen molar-refractivity contribution in [3.05, 3.63) is 56.7 Å². The molecular formula is C20H21ClN2O3S. The molecule has 0 fully saturated rings. The van der Waals surface area contributed by atoms with Gasteiger partial charge in [-0.1, -0.05) is 42.4 Å². The summed E-state index contributed by atoms with van der Waals surface area (Å²) < 4.78 is 5.09. The van der Waals surface area contributed by atoms with E-state index in [-0.39, 0.29) is 17.5 Å². The molecule has 1 aliphatic heterocycles. The Balaban J connectivity index is 2.40. The van der Waals surface area contributed by atoms with Crippen molar-refractivity contribution in [3.8, 4) is 6.07 Å². The molecule has 1 aromatic rings. The SMILES string of the molecule is CCCOC(=O)CSC1=C(C#N)C(c2ccc(Cl)cc2)C(C(C)=O)=C(C)N1. The summed E-state index contributed by atoms with van der Waals surface area (Å²) in [4.78, 5) is 24.1. The van der Waals surface area contributed by atoms with Crippen LogP contribution in [0.1, 0.15) is 38.7 Å². The van der Waals surface area contributed by atoms with Gasteiger partial charge in [0, 0.05) is 16.3 Å². The number of carbonyl (C=O) groups excluding carboxylic acids is 2. The maximum atomic E-state index is 12.3. The normalized spacial score (nSPS) is 16.6. The lowest BCUT2D eigenvalue weighted by molar-refractivity contribution is -0.140. The van der Waals surface area contributed by atoms with Crippen LogP contribution >= 0.6 is 23.4 Å². The van der Waals surface area contributed by atoms with E-state index in [1.807, 2.05) is 19.1 Å². The number of benzene rings is 1. The van der Waals surface area contributed by atoms with E-state index in [2.05, 4.69) is 11.4 Å². The molecular weight excluding hydrogens is 384 g/mol. The van der Waals surface area contributed by atoms with Crippen LogP contribution in [-0.2, 0) is 14.3 Å². The van der Waals surface area contributed by atoms with Crippen molar-refractivity contribution in [1.29, 1.82) is 5.26 Å². The lowest BCUT2D eigenvalue weighted by Crippen LogP contribution is -2.27. The maximum Gasteiger partial charge on any atom is 0.316 e. The zero-order valence-corrected chi connectivity index (χ0v) is 17.0. The number of nitriles is 1. The third-order valence-electron chi connectivity index (χ3n) is 4.03. The summed E-state index contributed by atoms with van der Waals surface area (Å²) in [6, 6.07) is 9.30. The Morgan fingerprint density at radius 1 is 1.33 bits per heavy atom. The average molecular weight is 405 g/mol. The van der Waals surface area contributed by atoms with Crippen LogP contribution < -0.4 is 5.32 Å². The summed E-state index contributed by atoms with van der Waals surface area (Å²) in [7, 11) is 0. The molecule has 0 amide bonds. The first kappa shape index (κ1) is 21.1. The highest BCUT2D eigenvalue weighted by molar-refractivity contribution is 8.03. The highest BCUT2D eigenvalue weighted by atomic mass is 35.5. The van der Waals surface area contributed by atoms with E-state index in [0.717, 1.165) is 12.0 Å². The lowest BCUT2D eigenvalue weighted by atomic mass is 9.81. The number of ketones is 1. The van der Waals surface area contributed by atoms with Gasteiger partial charge in [-0.25, -0.2) is 0 Å². The largest absolute Gasteiger partial charge is 0.465 e. The summed E-state index contributed by atoms with van der Waals surface area (Å²) in [6.07, 6.45) is 0.753. The van der Waals surface area contributed by atoms with Crippen molar-refractivity contribution in [3.63, 3.8) is 0 Å². The monoisotopic (exact) mass is 404 g/mol. The van der Waals surface area contributed by atoms with Crippen LogP contribution in [0, 0.1) is 11.3 Å². The van der Waals surface area contributed by atoms with Gasteiger partial charge >= 0.3 is 5.97 Å². The van der Waals surface area contributed by atoms with Crippen molar-refractivity contribution in [2.24, 2.45) is 0 Å². The standard InChI is InChI=1S/C20H21ClN2O3S/c1-4-9-26-17(25)11-27-20-16(10-22)19(14-5-7-15(21)8-6-14)18(13(3)24)12(2)23-20/h5-8,19,23H,4,9,11H2,1-3H3. The topological polar surface area (TPSA) is 79.2 Å². The fourth-order valence-electron chi connectivity index (χ4n) is 2.87. The first-order valence-electron chi connectivity index (χ1n) is 8.55. The summed E-state index contributed by atoms with van der Waals surface area (Å²) in [5, 5.41) is 14.1. The second-order valence-corrected chi connectivity index (χ2v) is 7.49. The quantitative estimate of drug-likeness (QED) is 0.682. The van der Waals surface area contributed by atoms with Gasteiger partial charge in [-0.15, -0.1) is 0 Å². The minimum Gasteiger partial charge on any atom is -0.465 e. The number of carbonyl (C=O) groups is 2. The molecule has 1 aliphatic rings. The molecule has 1 heterocycles. The van der Waals surface area contributed by atoms with E-state index in [1.165, 1.54) is 18.7 Å². The summed E-state index contributed by atoms with van der Waals surface area (Å²) >= 11 is 7.19. The molecule has 0 spiro atoms. The second-order valence-electron chi connectivity index (χ2n) is 6.07. The van der Waals surface area contributed by atoms with Crippen molar-refractivity contribution < 1.29 is 14.3 Å². The number of esters is 1. The number of halogens is 1. The molecule has 27 heavy (non-hydrogen) atoms. The Bertz CT molecular complexity index is 838. The van der Waals surface area contributed by atoms with Crippen LogP contribution in [0.5, 0.6) is 0 Å². The molecule has 0 radical (unpaired) electrons. The third-order valence-corrected chi connectivity index (χ3v) is 5.27. The Hall–Kier alpha value is -2.23. The first-order chi connectivity index (χ1) is 12.9. The number of allylic oxidation sites excluding steroid dienone is 3. The lowest BCUT2D eigenvalue weighted by Gasteiger charge is -2.29. The van der Waals surface area contributed by atoms with E-state index in [9.17, 15) is 14.9 Å². The molecule has 5 nitrogen and oxygen atoms in total. The third kappa shape index (κ3) is 5.15. The van der Waals surface area contributed by atoms with Crippen LogP contribution in [0.3, 0.4) is 0 Å². The summed E-state index contributed by atoms with van der Waals surface area (Å²) in [5.41, 5.74) is 2.41. The zero-order valence-electron chi connectivity index (χ0n) is 15.5. The van der Waals surface area contributed by atoms with Gasteiger partial charge < -0.3 is 10.1 Å². The summed E-state index contributed by atoms with van der Waals surface area (Å²) in [6.45, 7) is 5.58. The van der Waals surface area contributed by atoms with Gasteiger partial charge in [0.2, 0.25) is 0 Å². The Labute approximate surface area is 168 Å². The molecule has 7 heteroatoms. The van der Waals surface area contributed by atoms with E-state index in [4.69, 9.17) is 16.3 Å². The Kier molecular flexibility index (Phi) is 7.52. The molecule has 1 aromatic carbocycles. The molecule has 1 N–H and O–H groups in total. The number of thioether (sulfide) groups is 1. The second kappa shape index (κ2) is 9.63. The average Bonchev–Trinajstić information content (AvgIpc) is 2.64. The summed E-state index contributed by atoms with van der Waals surface area (Å²) in [5.74, 6) is -0.862. The Morgan fingerprint density at radius 2 is 2.00 bits per heavy atom. The number of Topliss-reactive ketones (excluding diaryl/α,β-unsaturated/α-hetero) is 1. The van der Waals surface area contributed by atoms with E-state index < -0.39 is 5.92 Å². The predicted octanol–water partition coefficient (Wildman–Crippen LogP) is 4.31. The first-order valence-corrected chi connectivity index (χ1v) is 9.92. The smallest absolute Gasteiger partial charge is 0.316 e. The molecule has 2 rings (SSSR count). The molecule has 0 aliphatic carbocycles. The number of hydrogen-bond donors (Lipinski definition) is 1. The van der Waals surface area contributed by atoms with Gasteiger partial charge in [0.15, 0.2) is 5.78 Å². The van der Waals surface area contributed by atoms with Crippen molar-refractivity contribution in [2.45, 2.75) is 33.1 Å². The van der Waals surface area contributed by atoms with Crippen LogP contribution in [-0.4, -0.2) is 24.1 Å². The number of rotatable bonds is 7. The molecule has 142 valence electrons. The number of hydrogen-bond acceptors (Lipinski definition) is 6. The van der Waals surface area contributed by atoms with Gasteiger partial charge in [0.1, 0.15) is 0 Å². The van der Waals surface area contributed by atoms with Gasteiger partial charge in [0.05, 0.1) is 34.9 Å². The minimum absolute atomic E-state index is 0.0868. The molecule has 0 aromatic heterocycles. The van der Waals surface area contributed by atoms with Crippen LogP contribution in [0.15, 0.2) is 46.1 Å². The van der Waals surface area contributed by atoms with Crippen molar-refractivity contribution in [2.75, 3.05) is 12.4 Å². The fraction of sp³-hybridized carbons (Fsp3) is 0.350. The highest BCUT2D eigenvalue weighted by Crippen LogP contribution is 2.41. The number of ether oxygens (including phenoxy) is 1. The number of nitrogens with one attached hydrogen (secondary N) is 1. The number of dihydropyridines is 1. The molecule has 1 unspecified atom stereocenters. The molecule has 0 bridgehead atoms. The van der Waals surface area contributed by atoms with Crippen LogP contribution in [0.4, 0.5) is 0 Å². The van der Waals surface area contributed by atoms with Crippen molar-refractivity contribution >= 4 is 35.1 Å². The predicted molar refractivity (Wildman–Crippen MR) is 107 cm³/mol. The fourth-order valence-corrected chi connectivity index (χ4v) is 3.89. The molecule has 1 atom stereocenters. The highest BCUT2D eigenvalue weighted by Gasteiger charge is 2.33. The maximum absolute atomic E-state index is 12.3. The molecule has 0 saturated carbocycles. The van der Waals surface area contributed by atoms with E-state index in [1.54, 1.807) is 19.1 Å². The minimum atomic E-state index is -0.500. The van der Waals surface area contributed by atoms with Crippen LogP contribution in [0.2, 0.25) is 5.02 Å². The Morgan fingerprint density at radius 3 is 2.56 bits per heavy atom. The number of nitrogens with zero attached hydrogens (tertiary/aromatic N) is 1. The van der Waals surface area contributed by atoms with E-state index in [0.29, 0.717) is 33.5 Å².